The van der Waals surface area contributed by atoms with Gasteiger partial charge in [0.15, 0.2) is 5.82 Å². The van der Waals surface area contributed by atoms with Crippen molar-refractivity contribution in [2.45, 2.75) is 5.92 Å². The molecule has 1 aromatic heterocycles. The zero-order valence-corrected chi connectivity index (χ0v) is 15.0. The standard InChI is InChI=1S/C20H19N3O4/c1-25-12-16(19(24)26-2)15-10-6-7-11-17(15)27-20-22-13-21-18(23-20)14-8-4-3-5-9-14/h3-11,13,16H,12H2,1-2H3. The van der Waals surface area contributed by atoms with Crippen molar-refractivity contribution in [1.29, 1.82) is 0 Å². The number of nitrogens with zero attached hydrogens (tertiary/aromatic N) is 3. The fourth-order valence-electron chi connectivity index (χ4n) is 2.61. The normalized spacial score (nSPS) is 11.6. The molecule has 0 fully saturated rings. The molecule has 0 radical (unpaired) electrons. The van der Waals surface area contributed by atoms with Gasteiger partial charge in [-0.15, -0.1) is 0 Å². The van der Waals surface area contributed by atoms with Crippen molar-refractivity contribution in [3.8, 4) is 23.1 Å². The van der Waals surface area contributed by atoms with Crippen LogP contribution in [0.5, 0.6) is 11.8 Å². The monoisotopic (exact) mass is 365 g/mol. The highest BCUT2D eigenvalue weighted by molar-refractivity contribution is 5.79. The number of para-hydroxylation sites is 1. The first-order valence-electron chi connectivity index (χ1n) is 8.31. The molecule has 1 heterocycles. The van der Waals surface area contributed by atoms with Crippen LogP contribution in [-0.4, -0.2) is 41.7 Å². The van der Waals surface area contributed by atoms with Crippen molar-refractivity contribution in [2.75, 3.05) is 20.8 Å². The summed E-state index contributed by atoms with van der Waals surface area (Å²) in [5.74, 6) is -0.0743. The highest BCUT2D eigenvalue weighted by atomic mass is 16.5. The third kappa shape index (κ3) is 4.45. The Bertz CT molecular complexity index is 902. The molecule has 27 heavy (non-hydrogen) atoms. The summed E-state index contributed by atoms with van der Waals surface area (Å²) >= 11 is 0. The van der Waals surface area contributed by atoms with E-state index in [0.29, 0.717) is 17.1 Å². The Kier molecular flexibility index (Phi) is 6.06. The molecule has 0 spiro atoms. The van der Waals surface area contributed by atoms with Crippen molar-refractivity contribution in [2.24, 2.45) is 0 Å². The van der Waals surface area contributed by atoms with Crippen molar-refractivity contribution in [1.82, 2.24) is 15.0 Å². The fraction of sp³-hybridized carbons (Fsp3) is 0.200. The van der Waals surface area contributed by atoms with Gasteiger partial charge in [-0.25, -0.2) is 4.98 Å². The Balaban J connectivity index is 1.92. The molecule has 138 valence electrons. The molecule has 1 atom stereocenters. The van der Waals surface area contributed by atoms with Crippen molar-refractivity contribution in [3.63, 3.8) is 0 Å². The first kappa shape index (κ1) is 18.5. The molecule has 0 aliphatic carbocycles. The van der Waals surface area contributed by atoms with E-state index in [0.717, 1.165) is 5.56 Å². The van der Waals surface area contributed by atoms with Gasteiger partial charge < -0.3 is 14.2 Å². The summed E-state index contributed by atoms with van der Waals surface area (Å²) in [6.07, 6.45) is 1.39. The molecule has 3 aromatic rings. The molecule has 0 bridgehead atoms. The second-order valence-electron chi connectivity index (χ2n) is 5.63. The SMILES string of the molecule is COCC(C(=O)OC)c1ccccc1Oc1ncnc(-c2ccccc2)n1. The van der Waals surface area contributed by atoms with Crippen LogP contribution in [0.4, 0.5) is 0 Å². The Hall–Kier alpha value is -3.32. The summed E-state index contributed by atoms with van der Waals surface area (Å²) in [7, 11) is 2.87. The Morgan fingerprint density at radius 2 is 1.74 bits per heavy atom. The van der Waals surface area contributed by atoms with Gasteiger partial charge in [0.25, 0.3) is 0 Å². The van der Waals surface area contributed by atoms with E-state index in [2.05, 4.69) is 15.0 Å². The van der Waals surface area contributed by atoms with Crippen molar-refractivity contribution < 1.29 is 19.0 Å². The molecule has 0 amide bonds. The van der Waals surface area contributed by atoms with Gasteiger partial charge in [0.2, 0.25) is 0 Å². The molecule has 0 aliphatic heterocycles. The lowest BCUT2D eigenvalue weighted by Gasteiger charge is -2.17. The average Bonchev–Trinajstić information content (AvgIpc) is 2.73. The third-order valence-corrected chi connectivity index (χ3v) is 3.90. The topological polar surface area (TPSA) is 83.4 Å². The van der Waals surface area contributed by atoms with Crippen LogP contribution < -0.4 is 4.74 Å². The van der Waals surface area contributed by atoms with Crippen LogP contribution in [0, 0.1) is 0 Å². The van der Waals surface area contributed by atoms with E-state index in [-0.39, 0.29) is 12.6 Å². The molecule has 2 aromatic carbocycles. The van der Waals surface area contributed by atoms with Crippen LogP contribution in [0.15, 0.2) is 60.9 Å². The zero-order chi connectivity index (χ0) is 19.1. The maximum absolute atomic E-state index is 12.1. The minimum Gasteiger partial charge on any atom is -0.468 e. The van der Waals surface area contributed by atoms with E-state index < -0.39 is 11.9 Å². The summed E-state index contributed by atoms with van der Waals surface area (Å²) in [6, 6.07) is 16.8. The molecule has 0 saturated carbocycles. The number of rotatable bonds is 7. The second-order valence-corrected chi connectivity index (χ2v) is 5.63. The fourth-order valence-corrected chi connectivity index (χ4v) is 2.61. The minimum absolute atomic E-state index is 0.136. The number of benzene rings is 2. The van der Waals surface area contributed by atoms with E-state index in [1.54, 1.807) is 18.2 Å². The van der Waals surface area contributed by atoms with Crippen LogP contribution in [0.3, 0.4) is 0 Å². The van der Waals surface area contributed by atoms with Crippen molar-refractivity contribution >= 4 is 5.97 Å². The molecule has 0 N–H and O–H groups in total. The Morgan fingerprint density at radius 3 is 2.48 bits per heavy atom. The minimum atomic E-state index is -0.619. The van der Waals surface area contributed by atoms with E-state index in [1.807, 2.05) is 36.4 Å². The maximum atomic E-state index is 12.1. The first-order chi connectivity index (χ1) is 13.2. The predicted octanol–water partition coefficient (Wildman–Crippen LogP) is 3.23. The maximum Gasteiger partial charge on any atom is 0.325 e. The molecule has 7 heteroatoms. The lowest BCUT2D eigenvalue weighted by molar-refractivity contribution is -0.143. The van der Waals surface area contributed by atoms with Gasteiger partial charge in [0.05, 0.1) is 13.7 Å². The summed E-state index contributed by atoms with van der Waals surface area (Å²) in [5, 5.41) is 0. The van der Waals surface area contributed by atoms with Gasteiger partial charge >= 0.3 is 12.0 Å². The van der Waals surface area contributed by atoms with Crippen LogP contribution in [-0.2, 0) is 14.3 Å². The van der Waals surface area contributed by atoms with E-state index >= 15 is 0 Å². The molecular weight excluding hydrogens is 346 g/mol. The molecule has 1 unspecified atom stereocenters. The third-order valence-electron chi connectivity index (χ3n) is 3.90. The van der Waals surface area contributed by atoms with Crippen LogP contribution in [0.25, 0.3) is 11.4 Å². The van der Waals surface area contributed by atoms with Crippen LogP contribution >= 0.6 is 0 Å². The highest BCUT2D eigenvalue weighted by Gasteiger charge is 2.25. The Morgan fingerprint density at radius 1 is 1.00 bits per heavy atom. The number of carbonyl (C=O) groups is 1. The quantitative estimate of drug-likeness (QED) is 0.594. The highest BCUT2D eigenvalue weighted by Crippen LogP contribution is 2.30. The summed E-state index contributed by atoms with van der Waals surface area (Å²) in [5.41, 5.74) is 1.48. The van der Waals surface area contributed by atoms with E-state index in [9.17, 15) is 4.79 Å². The van der Waals surface area contributed by atoms with Gasteiger partial charge in [-0.2, -0.15) is 9.97 Å². The number of carbonyl (C=O) groups excluding carboxylic acids is 1. The molecular formula is C20H19N3O4. The van der Waals surface area contributed by atoms with Crippen molar-refractivity contribution in [3.05, 3.63) is 66.5 Å². The largest absolute Gasteiger partial charge is 0.468 e. The smallest absolute Gasteiger partial charge is 0.325 e. The predicted molar refractivity (Wildman–Crippen MR) is 98.4 cm³/mol. The number of esters is 1. The van der Waals surface area contributed by atoms with Crippen LogP contribution in [0.2, 0.25) is 0 Å². The van der Waals surface area contributed by atoms with Gasteiger partial charge in [0.1, 0.15) is 18.0 Å². The first-order valence-corrected chi connectivity index (χ1v) is 8.31. The average molecular weight is 365 g/mol. The zero-order valence-electron chi connectivity index (χ0n) is 15.0. The number of hydrogen-bond donors (Lipinski definition) is 0. The molecule has 3 rings (SSSR count). The van der Waals surface area contributed by atoms with Gasteiger partial charge in [-0.05, 0) is 6.07 Å². The number of ether oxygens (including phenoxy) is 3. The molecule has 7 nitrogen and oxygen atoms in total. The van der Waals surface area contributed by atoms with Gasteiger partial charge in [0, 0.05) is 18.2 Å². The van der Waals surface area contributed by atoms with E-state index in [4.69, 9.17) is 14.2 Å². The van der Waals surface area contributed by atoms with Crippen LogP contribution in [0.1, 0.15) is 11.5 Å². The Labute approximate surface area is 157 Å². The summed E-state index contributed by atoms with van der Waals surface area (Å²) in [4.78, 5) is 24.8. The van der Waals surface area contributed by atoms with E-state index in [1.165, 1.54) is 20.5 Å². The van der Waals surface area contributed by atoms with Gasteiger partial charge in [-0.1, -0.05) is 48.5 Å². The molecule has 0 saturated heterocycles. The summed E-state index contributed by atoms with van der Waals surface area (Å²) < 4.78 is 15.9. The van der Waals surface area contributed by atoms with Gasteiger partial charge in [-0.3, -0.25) is 4.79 Å². The number of aromatic nitrogens is 3. The number of methoxy groups -OCH3 is 2. The second kappa shape index (κ2) is 8.86. The lowest BCUT2D eigenvalue weighted by atomic mass is 9.99. The summed E-state index contributed by atoms with van der Waals surface area (Å²) in [6.45, 7) is 0.166. The number of hydrogen-bond acceptors (Lipinski definition) is 7. The molecule has 0 aliphatic rings. The lowest BCUT2D eigenvalue weighted by Crippen LogP contribution is -2.19.